The normalized spacial score (nSPS) is 19.8. The molecule has 112 valence electrons. The first kappa shape index (κ1) is 16.9. The lowest BCUT2D eigenvalue weighted by Crippen LogP contribution is -2.51. The number of aliphatic hydroxyl groups excluding tert-OH is 1. The third-order valence-corrected chi connectivity index (χ3v) is 3.26. The predicted octanol–water partition coefficient (Wildman–Crippen LogP) is 0.555. The molecule has 0 aliphatic carbocycles. The number of carbonyl (C=O) groups is 1. The van der Waals surface area contributed by atoms with E-state index in [9.17, 15) is 9.90 Å². The molecule has 1 amide bonds. The quantitative estimate of drug-likeness (QED) is 0.760. The van der Waals surface area contributed by atoms with E-state index in [0.717, 1.165) is 11.1 Å². The van der Waals surface area contributed by atoms with E-state index in [1.807, 2.05) is 31.2 Å². The number of carbonyl (C=O) groups excluding carboxylic acids is 1. The zero-order chi connectivity index (χ0) is 13.7. The van der Waals surface area contributed by atoms with Crippen molar-refractivity contribution in [2.75, 3.05) is 26.3 Å². The highest BCUT2D eigenvalue weighted by Crippen LogP contribution is 2.16. The Morgan fingerprint density at radius 2 is 2.30 bits per heavy atom. The highest BCUT2D eigenvalue weighted by Gasteiger charge is 2.21. The molecule has 1 saturated heterocycles. The van der Waals surface area contributed by atoms with Gasteiger partial charge in [0.15, 0.2) is 0 Å². The Balaban J connectivity index is 0.00000200. The van der Waals surface area contributed by atoms with E-state index in [2.05, 4.69) is 10.6 Å². The molecule has 2 rings (SSSR count). The summed E-state index contributed by atoms with van der Waals surface area (Å²) in [6.45, 7) is 3.85. The molecule has 0 saturated carbocycles. The zero-order valence-electron chi connectivity index (χ0n) is 11.5. The second-order valence-corrected chi connectivity index (χ2v) is 4.70. The highest BCUT2D eigenvalue weighted by molar-refractivity contribution is 5.85. The van der Waals surface area contributed by atoms with Gasteiger partial charge in [0.25, 0.3) is 0 Å². The lowest BCUT2D eigenvalue weighted by molar-refractivity contribution is -0.126. The topological polar surface area (TPSA) is 70.6 Å². The van der Waals surface area contributed by atoms with Crippen molar-refractivity contribution in [1.29, 1.82) is 0 Å². The van der Waals surface area contributed by atoms with Crippen LogP contribution in [-0.2, 0) is 9.53 Å². The van der Waals surface area contributed by atoms with Crippen LogP contribution in [0.15, 0.2) is 24.3 Å². The van der Waals surface area contributed by atoms with Gasteiger partial charge in [0.2, 0.25) is 5.91 Å². The number of morpholine rings is 1. The van der Waals surface area contributed by atoms with Crippen molar-refractivity contribution >= 4 is 18.3 Å². The summed E-state index contributed by atoms with van der Waals surface area (Å²) in [5.41, 5.74) is 1.86. The second kappa shape index (κ2) is 8.21. The number of amides is 1. The molecule has 0 spiro atoms. The standard InChI is InChI=1S/C14H20N2O3.ClH/c1-10-4-2-3-5-11(10)13(17)8-16-14(18)12-9-19-7-6-15-12;/h2-5,12-13,15,17H,6-9H2,1H3,(H,16,18);1H. The number of hydrogen-bond donors (Lipinski definition) is 3. The van der Waals surface area contributed by atoms with Crippen LogP contribution in [-0.4, -0.2) is 43.4 Å². The van der Waals surface area contributed by atoms with Crippen LogP contribution in [0.25, 0.3) is 0 Å². The van der Waals surface area contributed by atoms with Crippen molar-refractivity contribution in [3.63, 3.8) is 0 Å². The summed E-state index contributed by atoms with van der Waals surface area (Å²) in [7, 11) is 0. The van der Waals surface area contributed by atoms with Crippen molar-refractivity contribution in [2.24, 2.45) is 0 Å². The van der Waals surface area contributed by atoms with E-state index in [4.69, 9.17) is 4.74 Å². The molecular weight excluding hydrogens is 280 g/mol. The predicted molar refractivity (Wildman–Crippen MR) is 79.0 cm³/mol. The van der Waals surface area contributed by atoms with Crippen molar-refractivity contribution in [3.8, 4) is 0 Å². The van der Waals surface area contributed by atoms with Gasteiger partial charge in [-0.1, -0.05) is 24.3 Å². The Morgan fingerprint density at radius 1 is 1.55 bits per heavy atom. The molecule has 6 heteroatoms. The number of hydrogen-bond acceptors (Lipinski definition) is 4. The van der Waals surface area contributed by atoms with E-state index in [-0.39, 0.29) is 30.9 Å². The Morgan fingerprint density at radius 3 is 2.95 bits per heavy atom. The van der Waals surface area contributed by atoms with Crippen LogP contribution in [0.5, 0.6) is 0 Å². The fraction of sp³-hybridized carbons (Fsp3) is 0.500. The van der Waals surface area contributed by atoms with Crippen LogP contribution in [0.4, 0.5) is 0 Å². The molecule has 0 radical (unpaired) electrons. The van der Waals surface area contributed by atoms with Crippen LogP contribution >= 0.6 is 12.4 Å². The molecule has 1 fully saturated rings. The average Bonchev–Trinajstić information content (AvgIpc) is 2.46. The molecule has 1 heterocycles. The number of nitrogens with one attached hydrogen (secondary N) is 2. The van der Waals surface area contributed by atoms with Crippen LogP contribution < -0.4 is 10.6 Å². The van der Waals surface area contributed by atoms with Gasteiger partial charge in [-0.15, -0.1) is 12.4 Å². The smallest absolute Gasteiger partial charge is 0.239 e. The SMILES string of the molecule is Cc1ccccc1C(O)CNC(=O)C1COCCN1.Cl. The monoisotopic (exact) mass is 300 g/mol. The third-order valence-electron chi connectivity index (χ3n) is 3.26. The average molecular weight is 301 g/mol. The number of ether oxygens (including phenoxy) is 1. The van der Waals surface area contributed by atoms with E-state index >= 15 is 0 Å². The van der Waals surface area contributed by atoms with E-state index in [0.29, 0.717) is 19.8 Å². The lowest BCUT2D eigenvalue weighted by atomic mass is 10.0. The van der Waals surface area contributed by atoms with Crippen LogP contribution in [0.1, 0.15) is 17.2 Å². The molecule has 1 aromatic carbocycles. The molecule has 3 N–H and O–H groups in total. The molecule has 0 bridgehead atoms. The van der Waals surface area contributed by atoms with Crippen LogP contribution in [0, 0.1) is 6.92 Å². The van der Waals surface area contributed by atoms with Crippen molar-refractivity contribution in [2.45, 2.75) is 19.1 Å². The molecule has 1 aliphatic rings. The first-order valence-electron chi connectivity index (χ1n) is 6.51. The van der Waals surface area contributed by atoms with Gasteiger partial charge in [-0.2, -0.15) is 0 Å². The fourth-order valence-corrected chi connectivity index (χ4v) is 2.12. The summed E-state index contributed by atoms with van der Waals surface area (Å²) < 4.78 is 5.23. The van der Waals surface area contributed by atoms with Crippen molar-refractivity contribution in [3.05, 3.63) is 35.4 Å². The summed E-state index contributed by atoms with van der Waals surface area (Å²) >= 11 is 0. The molecule has 2 atom stereocenters. The van der Waals surface area contributed by atoms with Gasteiger partial charge in [0.1, 0.15) is 6.04 Å². The molecule has 2 unspecified atom stereocenters. The van der Waals surface area contributed by atoms with Crippen molar-refractivity contribution < 1.29 is 14.6 Å². The minimum Gasteiger partial charge on any atom is -0.387 e. The number of halogens is 1. The lowest BCUT2D eigenvalue weighted by Gasteiger charge is -2.23. The van der Waals surface area contributed by atoms with Gasteiger partial charge in [-0.25, -0.2) is 0 Å². The van der Waals surface area contributed by atoms with Gasteiger partial charge in [-0.05, 0) is 18.1 Å². The summed E-state index contributed by atoms with van der Waals surface area (Å²) in [5, 5.41) is 15.9. The molecule has 20 heavy (non-hydrogen) atoms. The van der Waals surface area contributed by atoms with Crippen LogP contribution in [0.3, 0.4) is 0 Å². The third kappa shape index (κ3) is 4.45. The van der Waals surface area contributed by atoms with Gasteiger partial charge in [0.05, 0.1) is 19.3 Å². The van der Waals surface area contributed by atoms with Crippen molar-refractivity contribution in [1.82, 2.24) is 10.6 Å². The summed E-state index contributed by atoms with van der Waals surface area (Å²) in [4.78, 5) is 11.9. The summed E-state index contributed by atoms with van der Waals surface area (Å²) in [6.07, 6.45) is -0.686. The Bertz CT molecular complexity index is 436. The number of aryl methyl sites for hydroxylation is 1. The minimum absolute atomic E-state index is 0. The van der Waals surface area contributed by atoms with Gasteiger partial charge < -0.3 is 20.5 Å². The van der Waals surface area contributed by atoms with E-state index in [1.165, 1.54) is 0 Å². The molecule has 5 nitrogen and oxygen atoms in total. The molecule has 1 aliphatic heterocycles. The van der Waals surface area contributed by atoms with E-state index in [1.54, 1.807) is 0 Å². The molecule has 1 aromatic rings. The second-order valence-electron chi connectivity index (χ2n) is 4.70. The molecular formula is C14H21ClN2O3. The first-order chi connectivity index (χ1) is 9.18. The van der Waals surface area contributed by atoms with Gasteiger partial charge in [-0.3, -0.25) is 4.79 Å². The maximum Gasteiger partial charge on any atom is 0.239 e. The highest BCUT2D eigenvalue weighted by atomic mass is 35.5. The van der Waals surface area contributed by atoms with Gasteiger partial charge in [0, 0.05) is 13.1 Å². The minimum atomic E-state index is -0.686. The summed E-state index contributed by atoms with van der Waals surface area (Å²) in [5.74, 6) is -0.132. The van der Waals surface area contributed by atoms with Gasteiger partial charge >= 0.3 is 0 Å². The Labute approximate surface area is 125 Å². The number of benzene rings is 1. The first-order valence-corrected chi connectivity index (χ1v) is 6.51. The van der Waals surface area contributed by atoms with E-state index < -0.39 is 6.10 Å². The van der Waals surface area contributed by atoms with Crippen LogP contribution in [0.2, 0.25) is 0 Å². The molecule has 0 aromatic heterocycles. The zero-order valence-corrected chi connectivity index (χ0v) is 12.3. The largest absolute Gasteiger partial charge is 0.387 e. The fourth-order valence-electron chi connectivity index (χ4n) is 2.12. The Hall–Kier alpha value is -1.14. The maximum atomic E-state index is 11.9. The summed E-state index contributed by atoms with van der Waals surface area (Å²) in [6, 6.07) is 7.29. The maximum absolute atomic E-state index is 11.9. The Kier molecular flexibility index (Phi) is 6.95. The number of rotatable bonds is 4. The number of aliphatic hydroxyl groups is 1.